The quantitative estimate of drug-likeness (QED) is 0.509. The highest BCUT2D eigenvalue weighted by Gasteiger charge is 2.59. The normalized spacial score (nSPS) is 29.2. The van der Waals surface area contributed by atoms with Gasteiger partial charge in [-0.3, -0.25) is 4.79 Å². The summed E-state index contributed by atoms with van der Waals surface area (Å²) in [7, 11) is 1.21. The number of esters is 1. The number of carbonyl (C=O) groups is 2. The monoisotopic (exact) mass is 489 g/mol. The van der Waals surface area contributed by atoms with Crippen molar-refractivity contribution in [2.24, 2.45) is 5.92 Å². The van der Waals surface area contributed by atoms with Gasteiger partial charge in [-0.1, -0.05) is 0 Å². The Morgan fingerprint density at radius 1 is 1.47 bits per heavy atom. The highest BCUT2D eigenvalue weighted by Crippen LogP contribution is 2.48. The van der Waals surface area contributed by atoms with Crippen molar-refractivity contribution < 1.29 is 19.4 Å². The van der Waals surface area contributed by atoms with Crippen molar-refractivity contribution >= 4 is 56.9 Å². The largest absolute Gasteiger partial charge is 0.467 e. The summed E-state index contributed by atoms with van der Waals surface area (Å²) in [5, 5.41) is 10.8. The van der Waals surface area contributed by atoms with E-state index in [9.17, 15) is 14.7 Å². The highest BCUT2D eigenvalue weighted by molar-refractivity contribution is 14.1. The van der Waals surface area contributed by atoms with E-state index in [-0.39, 0.29) is 11.8 Å². The van der Waals surface area contributed by atoms with Gasteiger partial charge in [0.2, 0.25) is 5.60 Å². The Kier molecular flexibility index (Phi) is 4.00. The first-order valence-electron chi connectivity index (χ1n) is 5.64. The lowest BCUT2D eigenvalue weighted by atomic mass is 9.81. The second-order valence-electron chi connectivity index (χ2n) is 4.63. The predicted octanol–water partition coefficient (Wildman–Crippen LogP) is 1.84. The van der Waals surface area contributed by atoms with Crippen LogP contribution in [-0.4, -0.2) is 28.5 Å². The average Bonchev–Trinajstić information content (AvgIpc) is 2.75. The van der Waals surface area contributed by atoms with E-state index in [0.29, 0.717) is 5.69 Å². The minimum Gasteiger partial charge on any atom is -0.467 e. The summed E-state index contributed by atoms with van der Waals surface area (Å²) >= 11 is 4.29. The summed E-state index contributed by atoms with van der Waals surface area (Å²) in [5.74, 6) is -1.83. The lowest BCUT2D eigenvalue weighted by molar-refractivity contribution is -0.172. The third kappa shape index (κ3) is 1.96. The minimum atomic E-state index is -1.90. The molecule has 0 spiro atoms. The fourth-order valence-electron chi connectivity index (χ4n) is 2.84. The SMILES string of the molecule is COC(=O)C1(O)c2cc(I)c(I)n2C(C)C1C(C)=O. The van der Waals surface area contributed by atoms with Crippen LogP contribution in [0.25, 0.3) is 0 Å². The van der Waals surface area contributed by atoms with Crippen LogP contribution in [0.3, 0.4) is 0 Å². The third-order valence-electron chi connectivity index (χ3n) is 3.60. The second-order valence-corrected chi connectivity index (χ2v) is 6.81. The van der Waals surface area contributed by atoms with Crippen LogP contribution >= 0.6 is 45.2 Å². The third-order valence-corrected chi connectivity index (χ3v) is 6.55. The molecule has 3 unspecified atom stereocenters. The highest BCUT2D eigenvalue weighted by atomic mass is 127. The van der Waals surface area contributed by atoms with Gasteiger partial charge in [0.15, 0.2) is 0 Å². The van der Waals surface area contributed by atoms with Gasteiger partial charge in [0, 0.05) is 9.61 Å². The molecule has 0 saturated carbocycles. The summed E-state index contributed by atoms with van der Waals surface area (Å²) in [6.45, 7) is 3.22. The Hall–Kier alpha value is -0.160. The van der Waals surface area contributed by atoms with E-state index in [4.69, 9.17) is 4.74 Å². The fraction of sp³-hybridized carbons (Fsp3) is 0.500. The number of carbonyl (C=O) groups excluding carboxylic acids is 2. The molecule has 2 heterocycles. The van der Waals surface area contributed by atoms with Crippen molar-refractivity contribution in [1.29, 1.82) is 0 Å². The van der Waals surface area contributed by atoms with Crippen LogP contribution < -0.4 is 0 Å². The topological polar surface area (TPSA) is 68.5 Å². The first kappa shape index (κ1) is 15.2. The number of nitrogens with zero attached hydrogens (tertiary/aromatic N) is 1. The first-order chi connectivity index (χ1) is 8.76. The Labute approximate surface area is 138 Å². The molecule has 1 aliphatic rings. The van der Waals surface area contributed by atoms with Gasteiger partial charge in [0.1, 0.15) is 5.78 Å². The number of hydrogen-bond acceptors (Lipinski definition) is 4. The molecule has 1 aromatic heterocycles. The number of Topliss-reactive ketones (excluding diaryl/α,β-unsaturated/α-hetero) is 1. The Morgan fingerprint density at radius 2 is 2.05 bits per heavy atom. The van der Waals surface area contributed by atoms with Gasteiger partial charge in [-0.15, -0.1) is 0 Å². The minimum absolute atomic E-state index is 0.227. The van der Waals surface area contributed by atoms with Gasteiger partial charge < -0.3 is 14.4 Å². The van der Waals surface area contributed by atoms with Crippen molar-refractivity contribution in [3.8, 4) is 0 Å². The smallest absolute Gasteiger partial charge is 0.345 e. The van der Waals surface area contributed by atoms with Crippen LogP contribution in [-0.2, 0) is 19.9 Å². The number of aliphatic hydroxyl groups is 1. The molecule has 0 radical (unpaired) electrons. The van der Waals surface area contributed by atoms with E-state index in [1.54, 1.807) is 6.07 Å². The standard InChI is InChI=1S/C12H13I2NO4/c1-5-9(6(2)16)12(18,11(17)19-3)8-4-7(13)10(14)15(5)8/h4-5,9,18H,1-3H3. The van der Waals surface area contributed by atoms with Crippen LogP contribution in [0, 0.1) is 13.2 Å². The van der Waals surface area contributed by atoms with Crippen LogP contribution in [0.1, 0.15) is 25.6 Å². The van der Waals surface area contributed by atoms with E-state index in [2.05, 4.69) is 45.2 Å². The molecule has 3 atom stereocenters. The molecule has 0 amide bonds. The zero-order chi connectivity index (χ0) is 14.5. The Morgan fingerprint density at radius 3 is 2.53 bits per heavy atom. The van der Waals surface area contributed by atoms with Gasteiger partial charge in [-0.25, -0.2) is 4.79 Å². The van der Waals surface area contributed by atoms with Crippen LogP contribution in [0.15, 0.2) is 6.07 Å². The van der Waals surface area contributed by atoms with E-state index in [1.807, 2.05) is 11.5 Å². The zero-order valence-electron chi connectivity index (χ0n) is 10.6. The molecule has 19 heavy (non-hydrogen) atoms. The van der Waals surface area contributed by atoms with Crippen LogP contribution in [0.2, 0.25) is 0 Å². The lowest BCUT2D eigenvalue weighted by Gasteiger charge is -2.26. The van der Waals surface area contributed by atoms with E-state index >= 15 is 0 Å². The lowest BCUT2D eigenvalue weighted by Crippen LogP contribution is -2.44. The van der Waals surface area contributed by atoms with Crippen molar-refractivity contribution in [3.05, 3.63) is 19.0 Å². The molecule has 0 bridgehead atoms. The van der Waals surface area contributed by atoms with Crippen LogP contribution in [0.4, 0.5) is 0 Å². The Balaban J connectivity index is 2.72. The maximum atomic E-state index is 12.0. The number of aromatic nitrogens is 1. The van der Waals surface area contributed by atoms with Crippen molar-refractivity contribution in [2.45, 2.75) is 25.5 Å². The molecule has 0 saturated heterocycles. The summed E-state index contributed by atoms with van der Waals surface area (Å²) in [4.78, 5) is 23.9. The average molecular weight is 489 g/mol. The molecule has 5 nitrogen and oxygen atoms in total. The van der Waals surface area contributed by atoms with Crippen molar-refractivity contribution in [2.75, 3.05) is 7.11 Å². The number of ether oxygens (including phenoxy) is 1. The first-order valence-corrected chi connectivity index (χ1v) is 7.80. The number of rotatable bonds is 2. The molecule has 1 aromatic rings. The maximum absolute atomic E-state index is 12.0. The molecular formula is C12H13I2NO4. The maximum Gasteiger partial charge on any atom is 0.345 e. The van der Waals surface area contributed by atoms with E-state index < -0.39 is 17.5 Å². The van der Waals surface area contributed by atoms with Gasteiger partial charge >= 0.3 is 5.97 Å². The molecule has 7 heteroatoms. The molecule has 0 fully saturated rings. The van der Waals surface area contributed by atoms with Crippen molar-refractivity contribution in [1.82, 2.24) is 4.57 Å². The van der Waals surface area contributed by atoms with E-state index in [0.717, 1.165) is 7.27 Å². The van der Waals surface area contributed by atoms with Gasteiger partial charge in [0.25, 0.3) is 0 Å². The van der Waals surface area contributed by atoms with Gasteiger partial charge in [-0.05, 0) is 65.1 Å². The summed E-state index contributed by atoms with van der Waals surface area (Å²) < 4.78 is 8.39. The van der Waals surface area contributed by atoms with E-state index in [1.165, 1.54) is 14.0 Å². The van der Waals surface area contributed by atoms with Gasteiger partial charge in [-0.2, -0.15) is 0 Å². The fourth-order valence-corrected chi connectivity index (χ4v) is 4.25. The van der Waals surface area contributed by atoms with Crippen LogP contribution in [0.5, 0.6) is 0 Å². The Bertz CT molecular complexity index is 568. The van der Waals surface area contributed by atoms with Gasteiger partial charge in [0.05, 0.1) is 22.4 Å². The molecule has 0 aliphatic carbocycles. The number of methoxy groups -OCH3 is 1. The van der Waals surface area contributed by atoms with Crippen molar-refractivity contribution in [3.63, 3.8) is 0 Å². The number of halogens is 2. The second kappa shape index (κ2) is 4.99. The summed E-state index contributed by atoms with van der Waals surface area (Å²) in [6, 6.07) is 1.45. The molecule has 104 valence electrons. The number of fused-ring (bicyclic) bond motifs is 1. The number of ketones is 1. The molecule has 2 rings (SSSR count). The number of hydrogen-bond donors (Lipinski definition) is 1. The zero-order valence-corrected chi connectivity index (χ0v) is 14.9. The molecule has 0 aromatic carbocycles. The molecular weight excluding hydrogens is 476 g/mol. The molecule has 1 N–H and O–H groups in total. The predicted molar refractivity (Wildman–Crippen MR) is 84.7 cm³/mol. The summed E-state index contributed by atoms with van der Waals surface area (Å²) in [5.41, 5.74) is -1.47. The molecule has 1 aliphatic heterocycles. The summed E-state index contributed by atoms with van der Waals surface area (Å²) in [6.07, 6.45) is 0.